The van der Waals surface area contributed by atoms with Gasteiger partial charge in [0.2, 0.25) is 5.88 Å². The van der Waals surface area contributed by atoms with Gasteiger partial charge >= 0.3 is 0 Å². The molecule has 0 bridgehead atoms. The number of hydrogen-bond donors (Lipinski definition) is 1. The zero-order chi connectivity index (χ0) is 13.1. The van der Waals surface area contributed by atoms with Crippen LogP contribution in [0, 0.1) is 0 Å². The molecule has 0 saturated carbocycles. The number of pyridine rings is 1. The summed E-state index contributed by atoms with van der Waals surface area (Å²) in [6, 6.07) is 8.81. The number of aromatic nitrogens is 1. The van der Waals surface area contributed by atoms with Crippen LogP contribution in [0.4, 0.5) is 0 Å². The van der Waals surface area contributed by atoms with Crippen LogP contribution in [-0.2, 0) is 0 Å². The lowest BCUT2D eigenvalue weighted by atomic mass is 10.2. The molecular formula is C13H11BrClNO2. The van der Waals surface area contributed by atoms with Crippen LogP contribution in [0.25, 0.3) is 0 Å². The summed E-state index contributed by atoms with van der Waals surface area (Å²) in [5.74, 6) is 0.846. The predicted molar refractivity (Wildman–Crippen MR) is 74.1 cm³/mol. The fraction of sp³-hybridized carbons (Fsp3) is 0.154. The lowest BCUT2D eigenvalue weighted by Gasteiger charge is -2.12. The van der Waals surface area contributed by atoms with Crippen LogP contribution in [0.5, 0.6) is 11.6 Å². The van der Waals surface area contributed by atoms with Crippen molar-refractivity contribution in [3.05, 3.63) is 51.6 Å². The Balaban J connectivity index is 2.37. The second-order valence-corrected chi connectivity index (χ2v) is 5.07. The van der Waals surface area contributed by atoms with Crippen LogP contribution < -0.4 is 4.74 Å². The molecule has 0 aliphatic heterocycles. The van der Waals surface area contributed by atoms with Crippen molar-refractivity contribution in [3.63, 3.8) is 0 Å². The summed E-state index contributed by atoms with van der Waals surface area (Å²) in [5, 5.41) is 10.1. The number of ether oxygens (including phenoxy) is 1. The Bertz CT molecular complexity index is 560. The highest BCUT2D eigenvalue weighted by molar-refractivity contribution is 9.10. The minimum atomic E-state index is -0.653. The molecule has 0 radical (unpaired) electrons. The molecular weight excluding hydrogens is 318 g/mol. The molecule has 2 aromatic rings. The molecule has 1 aromatic heterocycles. The van der Waals surface area contributed by atoms with Crippen LogP contribution >= 0.6 is 27.5 Å². The fourth-order valence-electron chi connectivity index (χ4n) is 1.47. The number of aliphatic hydroxyl groups is 1. The van der Waals surface area contributed by atoms with Gasteiger partial charge in [0.1, 0.15) is 5.75 Å². The summed E-state index contributed by atoms with van der Waals surface area (Å²) in [7, 11) is 0. The molecule has 1 aromatic carbocycles. The van der Waals surface area contributed by atoms with Gasteiger partial charge in [-0.1, -0.05) is 27.5 Å². The minimum absolute atomic E-state index is 0.354. The highest BCUT2D eigenvalue weighted by Crippen LogP contribution is 2.33. The first-order chi connectivity index (χ1) is 8.58. The van der Waals surface area contributed by atoms with E-state index in [1.807, 2.05) is 6.07 Å². The van der Waals surface area contributed by atoms with E-state index in [4.69, 9.17) is 16.3 Å². The highest BCUT2D eigenvalue weighted by atomic mass is 79.9. The van der Waals surface area contributed by atoms with Crippen LogP contribution in [-0.4, -0.2) is 10.1 Å². The van der Waals surface area contributed by atoms with E-state index in [1.54, 1.807) is 37.4 Å². The van der Waals surface area contributed by atoms with E-state index in [-0.39, 0.29) is 0 Å². The quantitative estimate of drug-likeness (QED) is 0.911. The Morgan fingerprint density at radius 1 is 1.39 bits per heavy atom. The molecule has 0 fully saturated rings. The number of hydrogen-bond acceptors (Lipinski definition) is 3. The van der Waals surface area contributed by atoms with Crippen molar-refractivity contribution in [1.29, 1.82) is 0 Å². The molecule has 1 N–H and O–H groups in total. The number of rotatable bonds is 3. The summed E-state index contributed by atoms with van der Waals surface area (Å²) in [6.45, 7) is 1.66. The number of nitrogens with zero attached hydrogens (tertiary/aromatic N) is 1. The van der Waals surface area contributed by atoms with Gasteiger partial charge in [-0.3, -0.25) is 0 Å². The summed E-state index contributed by atoms with van der Waals surface area (Å²) in [6.07, 6.45) is 0.951. The largest absolute Gasteiger partial charge is 0.437 e. The Morgan fingerprint density at radius 3 is 2.89 bits per heavy atom. The zero-order valence-corrected chi connectivity index (χ0v) is 11.9. The van der Waals surface area contributed by atoms with Gasteiger partial charge in [0.15, 0.2) is 0 Å². The molecule has 0 saturated heterocycles. The van der Waals surface area contributed by atoms with Crippen molar-refractivity contribution in [2.75, 3.05) is 0 Å². The number of halogens is 2. The topological polar surface area (TPSA) is 42.4 Å². The average Bonchev–Trinajstić information content (AvgIpc) is 2.34. The maximum absolute atomic E-state index is 9.64. The Hall–Kier alpha value is -1.10. The first kappa shape index (κ1) is 13.3. The smallest absolute Gasteiger partial charge is 0.225 e. The third-order valence-electron chi connectivity index (χ3n) is 2.35. The molecule has 0 unspecified atom stereocenters. The predicted octanol–water partition coefficient (Wildman–Crippen LogP) is 4.34. The monoisotopic (exact) mass is 327 g/mol. The summed E-state index contributed by atoms with van der Waals surface area (Å²) in [4.78, 5) is 4.11. The van der Waals surface area contributed by atoms with E-state index >= 15 is 0 Å². The van der Waals surface area contributed by atoms with Gasteiger partial charge in [-0.2, -0.15) is 0 Å². The van der Waals surface area contributed by atoms with E-state index in [0.717, 1.165) is 4.47 Å². The first-order valence-corrected chi connectivity index (χ1v) is 6.51. The van der Waals surface area contributed by atoms with Crippen molar-refractivity contribution < 1.29 is 9.84 Å². The summed E-state index contributed by atoms with van der Waals surface area (Å²) < 4.78 is 6.51. The molecule has 94 valence electrons. The molecule has 5 heteroatoms. The third kappa shape index (κ3) is 3.02. The molecule has 2 rings (SSSR count). The van der Waals surface area contributed by atoms with E-state index < -0.39 is 6.10 Å². The van der Waals surface area contributed by atoms with Gasteiger partial charge in [0.25, 0.3) is 0 Å². The van der Waals surface area contributed by atoms with Crippen LogP contribution in [0.1, 0.15) is 18.6 Å². The molecule has 18 heavy (non-hydrogen) atoms. The lowest BCUT2D eigenvalue weighted by Crippen LogP contribution is -1.98. The molecule has 0 aliphatic rings. The van der Waals surface area contributed by atoms with Crippen molar-refractivity contribution in [1.82, 2.24) is 4.98 Å². The van der Waals surface area contributed by atoms with E-state index in [2.05, 4.69) is 20.9 Å². The van der Waals surface area contributed by atoms with Crippen molar-refractivity contribution >= 4 is 27.5 Å². The minimum Gasteiger partial charge on any atom is -0.437 e. The van der Waals surface area contributed by atoms with Gasteiger partial charge in [-0.25, -0.2) is 4.98 Å². The molecule has 3 nitrogen and oxygen atoms in total. The van der Waals surface area contributed by atoms with E-state index in [9.17, 15) is 5.11 Å². The van der Waals surface area contributed by atoms with Crippen molar-refractivity contribution in [3.8, 4) is 11.6 Å². The van der Waals surface area contributed by atoms with E-state index in [1.165, 1.54) is 0 Å². The van der Waals surface area contributed by atoms with Crippen LogP contribution in [0.3, 0.4) is 0 Å². The normalized spacial score (nSPS) is 12.2. The SMILES string of the molecule is C[C@H](O)c1cccnc1Oc1cc(Br)ccc1Cl. The highest BCUT2D eigenvalue weighted by Gasteiger charge is 2.12. The standard InChI is InChI=1S/C13H11BrClNO2/c1-8(17)10-3-2-6-16-13(10)18-12-7-9(14)4-5-11(12)15/h2-8,17H,1H3/t8-/m0/s1. The Labute approximate surface area is 119 Å². The average molecular weight is 329 g/mol. The van der Waals surface area contributed by atoms with E-state index in [0.29, 0.717) is 22.2 Å². The van der Waals surface area contributed by atoms with Gasteiger partial charge in [-0.15, -0.1) is 0 Å². The third-order valence-corrected chi connectivity index (χ3v) is 3.16. The lowest BCUT2D eigenvalue weighted by molar-refractivity contribution is 0.194. The van der Waals surface area contributed by atoms with Gasteiger partial charge in [-0.05, 0) is 37.3 Å². The van der Waals surface area contributed by atoms with Gasteiger partial charge in [0.05, 0.1) is 11.1 Å². The molecule has 0 amide bonds. The second-order valence-electron chi connectivity index (χ2n) is 3.75. The Kier molecular flexibility index (Phi) is 4.22. The van der Waals surface area contributed by atoms with Gasteiger partial charge in [0, 0.05) is 16.2 Å². The maximum atomic E-state index is 9.64. The van der Waals surface area contributed by atoms with Gasteiger partial charge < -0.3 is 9.84 Å². The zero-order valence-electron chi connectivity index (χ0n) is 9.60. The molecule has 0 spiro atoms. The molecule has 1 atom stereocenters. The van der Waals surface area contributed by atoms with Crippen molar-refractivity contribution in [2.45, 2.75) is 13.0 Å². The fourth-order valence-corrected chi connectivity index (χ4v) is 1.96. The van der Waals surface area contributed by atoms with Crippen molar-refractivity contribution in [2.24, 2.45) is 0 Å². The van der Waals surface area contributed by atoms with Crippen LogP contribution in [0.15, 0.2) is 41.0 Å². The Morgan fingerprint density at radius 2 is 2.17 bits per heavy atom. The molecule has 0 aliphatic carbocycles. The second kappa shape index (κ2) is 5.69. The number of aliphatic hydroxyl groups excluding tert-OH is 1. The molecule has 1 heterocycles. The summed E-state index contributed by atoms with van der Waals surface area (Å²) in [5.41, 5.74) is 0.619. The maximum Gasteiger partial charge on any atom is 0.225 e. The number of benzene rings is 1. The van der Waals surface area contributed by atoms with Crippen LogP contribution in [0.2, 0.25) is 5.02 Å². The summed E-state index contributed by atoms with van der Waals surface area (Å²) >= 11 is 9.39. The first-order valence-electron chi connectivity index (χ1n) is 5.34.